The topological polar surface area (TPSA) is 125 Å². The Balaban J connectivity index is 2.06. The molecule has 0 radical (unpaired) electrons. The second-order valence-corrected chi connectivity index (χ2v) is 6.70. The van der Waals surface area contributed by atoms with Gasteiger partial charge in [0.25, 0.3) is 5.56 Å². The molecule has 128 valence electrons. The molecule has 1 aromatic carbocycles. The van der Waals surface area contributed by atoms with Crippen LogP contribution in [0, 0.1) is 0 Å². The lowest BCUT2D eigenvalue weighted by Gasteiger charge is -2.18. The van der Waals surface area contributed by atoms with Crippen LogP contribution in [0.15, 0.2) is 46.1 Å². The third-order valence-corrected chi connectivity index (χ3v) is 4.58. The number of rotatable bonds is 3. The molecule has 2 heterocycles. The summed E-state index contributed by atoms with van der Waals surface area (Å²) in [6.07, 6.45) is -3.78. The lowest BCUT2D eigenvalue weighted by molar-refractivity contribution is -0.0592. The van der Waals surface area contributed by atoms with Gasteiger partial charge in [0.1, 0.15) is 22.4 Å². The van der Waals surface area contributed by atoms with Crippen LogP contribution in [0.2, 0.25) is 0 Å². The number of hydrogen-bond donors (Lipinski definition) is 4. The van der Waals surface area contributed by atoms with Crippen molar-refractivity contribution in [1.82, 2.24) is 9.55 Å². The largest absolute Gasteiger partial charge is 0.387 e. The minimum Gasteiger partial charge on any atom is -0.387 e. The van der Waals surface area contributed by atoms with Gasteiger partial charge in [-0.25, -0.2) is 4.79 Å². The van der Waals surface area contributed by atoms with E-state index in [0.717, 1.165) is 4.57 Å². The van der Waals surface area contributed by atoms with Gasteiger partial charge in [0.15, 0.2) is 6.23 Å². The first-order valence-electron chi connectivity index (χ1n) is 7.15. The Morgan fingerprint density at radius 1 is 1.17 bits per heavy atom. The number of halogens is 1. The molecule has 5 atom stereocenters. The van der Waals surface area contributed by atoms with Crippen molar-refractivity contribution in [3.63, 3.8) is 0 Å². The monoisotopic (exact) mass is 446 g/mol. The molecule has 24 heavy (non-hydrogen) atoms. The van der Waals surface area contributed by atoms with Gasteiger partial charge in [-0.1, -0.05) is 30.3 Å². The van der Waals surface area contributed by atoms with Crippen molar-refractivity contribution in [2.45, 2.75) is 28.7 Å². The fourth-order valence-electron chi connectivity index (χ4n) is 2.64. The summed E-state index contributed by atoms with van der Waals surface area (Å²) in [5.41, 5.74) is -0.537. The van der Waals surface area contributed by atoms with Crippen LogP contribution in [0.1, 0.15) is 6.23 Å². The molecule has 1 unspecified atom stereocenters. The number of aromatic nitrogens is 2. The second-order valence-electron chi connectivity index (χ2n) is 5.42. The third kappa shape index (κ3) is 3.05. The van der Waals surface area contributed by atoms with E-state index in [0.29, 0.717) is 5.56 Å². The zero-order chi connectivity index (χ0) is 17.4. The van der Waals surface area contributed by atoms with Crippen molar-refractivity contribution < 1.29 is 20.1 Å². The number of hydrogen-bond acceptors (Lipinski definition) is 6. The van der Waals surface area contributed by atoms with E-state index in [-0.39, 0.29) is 5.56 Å². The number of benzene rings is 1. The molecular weight excluding hydrogens is 431 g/mol. The van der Waals surface area contributed by atoms with Crippen molar-refractivity contribution >= 4 is 22.6 Å². The number of H-pyrrole nitrogens is 1. The number of aromatic amines is 1. The zero-order valence-electron chi connectivity index (χ0n) is 12.2. The molecular formula is C15H15IN2O6. The fourth-order valence-corrected chi connectivity index (χ4v) is 3.24. The van der Waals surface area contributed by atoms with Gasteiger partial charge in [-0.2, -0.15) is 0 Å². The third-order valence-electron chi connectivity index (χ3n) is 3.87. The minimum atomic E-state index is -1.42. The maximum absolute atomic E-state index is 12.1. The van der Waals surface area contributed by atoms with Gasteiger partial charge in [0.05, 0.1) is 5.56 Å². The first kappa shape index (κ1) is 17.3. The Labute approximate surface area is 149 Å². The normalized spacial score (nSPS) is 28.0. The molecule has 1 fully saturated rings. The van der Waals surface area contributed by atoms with Crippen LogP contribution in [0.4, 0.5) is 0 Å². The van der Waals surface area contributed by atoms with Crippen LogP contribution in [0.5, 0.6) is 0 Å². The van der Waals surface area contributed by atoms with Crippen molar-refractivity contribution in [3.05, 3.63) is 57.4 Å². The van der Waals surface area contributed by atoms with E-state index in [1.54, 1.807) is 52.9 Å². The summed E-state index contributed by atoms with van der Waals surface area (Å²) in [6.45, 7) is 0. The average molecular weight is 446 g/mol. The van der Waals surface area contributed by atoms with Gasteiger partial charge >= 0.3 is 5.69 Å². The Hall–Kier alpha value is -1.53. The summed E-state index contributed by atoms with van der Waals surface area (Å²) in [7, 11) is 0. The van der Waals surface area contributed by atoms with Crippen molar-refractivity contribution in [1.29, 1.82) is 0 Å². The maximum atomic E-state index is 12.1. The zero-order valence-corrected chi connectivity index (χ0v) is 14.4. The second kappa shape index (κ2) is 6.76. The van der Waals surface area contributed by atoms with Crippen LogP contribution < -0.4 is 11.2 Å². The van der Waals surface area contributed by atoms with Gasteiger partial charge in [-0.3, -0.25) is 14.3 Å². The summed E-state index contributed by atoms with van der Waals surface area (Å²) in [5, 5.41) is 29.7. The maximum Gasteiger partial charge on any atom is 0.330 e. The predicted molar refractivity (Wildman–Crippen MR) is 92.7 cm³/mol. The summed E-state index contributed by atoms with van der Waals surface area (Å²) in [6, 6.07) is 8.70. The number of aliphatic hydroxyl groups excluding tert-OH is 3. The summed E-state index contributed by atoms with van der Waals surface area (Å²) < 4.78 is 5.37. The summed E-state index contributed by atoms with van der Waals surface area (Å²) in [4.78, 5) is 26.3. The summed E-state index contributed by atoms with van der Waals surface area (Å²) >= 11 is 1.64. The van der Waals surface area contributed by atoms with E-state index in [2.05, 4.69) is 4.98 Å². The summed E-state index contributed by atoms with van der Waals surface area (Å²) in [5.74, 6) is 0. The van der Waals surface area contributed by atoms with E-state index in [1.807, 2.05) is 0 Å². The minimum absolute atomic E-state index is 0.221. The van der Waals surface area contributed by atoms with E-state index in [9.17, 15) is 24.9 Å². The molecule has 0 amide bonds. The molecule has 1 saturated heterocycles. The molecule has 1 aromatic heterocycles. The Kier molecular flexibility index (Phi) is 4.88. The standard InChI is InChI=1S/C15H15IN2O6/c16-12(21)11-9(19)10(20)14(24-11)18-6-8(13(22)17-15(18)23)7-4-2-1-3-5-7/h1-6,9-12,14,19-21H,(H,17,22,23)/t9-,10+,11-,12?,14+/m0/s1. The first-order valence-corrected chi connectivity index (χ1v) is 8.39. The van der Waals surface area contributed by atoms with Gasteiger partial charge in [-0.15, -0.1) is 0 Å². The molecule has 0 bridgehead atoms. The van der Waals surface area contributed by atoms with Crippen molar-refractivity contribution in [2.24, 2.45) is 0 Å². The molecule has 0 aliphatic carbocycles. The average Bonchev–Trinajstić information content (AvgIpc) is 2.85. The highest BCUT2D eigenvalue weighted by Gasteiger charge is 2.46. The van der Waals surface area contributed by atoms with Gasteiger partial charge in [0.2, 0.25) is 0 Å². The van der Waals surface area contributed by atoms with Gasteiger partial charge in [0, 0.05) is 6.20 Å². The molecule has 0 spiro atoms. The van der Waals surface area contributed by atoms with Crippen LogP contribution >= 0.6 is 22.6 Å². The quantitative estimate of drug-likeness (QED) is 0.375. The molecule has 4 N–H and O–H groups in total. The molecule has 1 aliphatic rings. The molecule has 9 heteroatoms. The fraction of sp³-hybridized carbons (Fsp3) is 0.333. The number of nitrogens with one attached hydrogen (secondary N) is 1. The van der Waals surface area contributed by atoms with Gasteiger partial charge < -0.3 is 20.1 Å². The highest BCUT2D eigenvalue weighted by Crippen LogP contribution is 2.32. The molecule has 3 rings (SSSR count). The van der Waals surface area contributed by atoms with Crippen LogP contribution in [-0.4, -0.2) is 47.3 Å². The Bertz CT molecular complexity index is 834. The van der Waals surface area contributed by atoms with E-state index < -0.39 is 39.9 Å². The first-order chi connectivity index (χ1) is 11.4. The molecule has 0 saturated carbocycles. The van der Waals surface area contributed by atoms with E-state index >= 15 is 0 Å². The Morgan fingerprint density at radius 3 is 2.42 bits per heavy atom. The SMILES string of the molecule is O=c1[nH]c(=O)n([C@@H]2O[C@H](C(O)I)[C@@H](O)[C@H]2O)cc1-c1ccccc1. The van der Waals surface area contributed by atoms with Crippen molar-refractivity contribution in [3.8, 4) is 11.1 Å². The van der Waals surface area contributed by atoms with Gasteiger partial charge in [-0.05, 0) is 28.2 Å². The predicted octanol–water partition coefficient (Wildman–Crippen LogP) is -0.424. The Morgan fingerprint density at radius 2 is 1.83 bits per heavy atom. The van der Waals surface area contributed by atoms with E-state index in [1.165, 1.54) is 6.20 Å². The number of aliphatic hydroxyl groups is 3. The lowest BCUT2D eigenvalue weighted by atomic mass is 10.1. The van der Waals surface area contributed by atoms with Crippen LogP contribution in [0.3, 0.4) is 0 Å². The highest BCUT2D eigenvalue weighted by atomic mass is 127. The number of nitrogens with zero attached hydrogens (tertiary/aromatic N) is 1. The van der Waals surface area contributed by atoms with E-state index in [4.69, 9.17) is 4.74 Å². The van der Waals surface area contributed by atoms with Crippen LogP contribution in [-0.2, 0) is 4.74 Å². The van der Waals surface area contributed by atoms with Crippen LogP contribution in [0.25, 0.3) is 11.1 Å². The molecule has 2 aromatic rings. The number of ether oxygens (including phenoxy) is 1. The molecule has 8 nitrogen and oxygen atoms in total. The lowest BCUT2D eigenvalue weighted by Crippen LogP contribution is -2.38. The molecule has 1 aliphatic heterocycles. The smallest absolute Gasteiger partial charge is 0.330 e. The number of alkyl halides is 1. The van der Waals surface area contributed by atoms with Crippen molar-refractivity contribution in [2.75, 3.05) is 0 Å². The highest BCUT2D eigenvalue weighted by molar-refractivity contribution is 14.1.